The minimum absolute atomic E-state index is 0.0428. The summed E-state index contributed by atoms with van der Waals surface area (Å²) in [6.45, 7) is 0.461. The molecule has 0 unspecified atom stereocenters. The Morgan fingerprint density at radius 1 is 1.14 bits per heavy atom. The number of piperidine rings is 1. The molecule has 0 radical (unpaired) electrons. The van der Waals surface area contributed by atoms with E-state index in [2.05, 4.69) is 17.3 Å². The maximum Gasteiger partial charge on any atom is 0.229 e. The molecule has 3 rings (SSSR count). The average Bonchev–Trinajstić information content (AvgIpc) is 2.97. The zero-order chi connectivity index (χ0) is 14.7. The molecular formula is C16H19N3O2. The standard InChI is InChI=1S/C16H19N3O2/c20-15-7-4-8-16(21)18(15)10-9-13-11-17-19(12-13)14-5-2-1-3-6-14/h1-2,5,11-12H,3-4,6-10H2. The van der Waals surface area contributed by atoms with E-state index in [4.69, 9.17) is 0 Å². The minimum atomic E-state index is -0.0428. The maximum atomic E-state index is 11.7. The number of likely N-dealkylation sites (tertiary alicyclic amines) is 1. The van der Waals surface area contributed by atoms with Crippen LogP contribution in [0, 0.1) is 0 Å². The van der Waals surface area contributed by atoms with E-state index in [-0.39, 0.29) is 11.8 Å². The highest BCUT2D eigenvalue weighted by Gasteiger charge is 2.25. The van der Waals surface area contributed by atoms with Crippen molar-refractivity contribution in [2.24, 2.45) is 0 Å². The summed E-state index contributed by atoms with van der Waals surface area (Å²) in [5, 5.41) is 4.37. The number of imide groups is 1. The topological polar surface area (TPSA) is 55.2 Å². The Morgan fingerprint density at radius 2 is 1.95 bits per heavy atom. The second-order valence-corrected chi connectivity index (χ2v) is 5.46. The summed E-state index contributed by atoms with van der Waals surface area (Å²) < 4.78 is 1.89. The lowest BCUT2D eigenvalue weighted by molar-refractivity contribution is -0.147. The highest BCUT2D eigenvalue weighted by atomic mass is 16.2. The first-order chi connectivity index (χ1) is 10.2. The molecule has 1 aromatic rings. The van der Waals surface area contributed by atoms with Gasteiger partial charge in [-0.15, -0.1) is 0 Å². The molecule has 2 heterocycles. The van der Waals surface area contributed by atoms with Gasteiger partial charge in [-0.3, -0.25) is 14.5 Å². The SMILES string of the molecule is O=C1CCCC(=O)N1CCc1cnn(C2=CC=CCC2)c1. The number of carbonyl (C=O) groups is 2. The third-order valence-corrected chi connectivity index (χ3v) is 3.93. The van der Waals surface area contributed by atoms with E-state index in [0.717, 1.165) is 18.4 Å². The van der Waals surface area contributed by atoms with Gasteiger partial charge in [0.1, 0.15) is 0 Å². The Balaban J connectivity index is 1.62. The first-order valence-electron chi connectivity index (χ1n) is 7.47. The second-order valence-electron chi connectivity index (χ2n) is 5.46. The molecule has 1 aliphatic heterocycles. The number of hydrogen-bond acceptors (Lipinski definition) is 3. The third kappa shape index (κ3) is 3.12. The lowest BCUT2D eigenvalue weighted by Gasteiger charge is -2.24. The van der Waals surface area contributed by atoms with Crippen molar-refractivity contribution in [1.82, 2.24) is 14.7 Å². The molecule has 0 saturated carbocycles. The number of aromatic nitrogens is 2. The highest BCUT2D eigenvalue weighted by molar-refractivity contribution is 5.97. The monoisotopic (exact) mass is 285 g/mol. The molecule has 5 nitrogen and oxygen atoms in total. The maximum absolute atomic E-state index is 11.7. The molecule has 0 aromatic carbocycles. The molecule has 0 atom stereocenters. The molecule has 0 spiro atoms. The normalized spacial score (nSPS) is 19.0. The van der Waals surface area contributed by atoms with Gasteiger partial charge >= 0.3 is 0 Å². The molecule has 110 valence electrons. The molecule has 5 heteroatoms. The molecule has 0 N–H and O–H groups in total. The minimum Gasteiger partial charge on any atom is -0.282 e. The largest absolute Gasteiger partial charge is 0.282 e. The van der Waals surface area contributed by atoms with Gasteiger partial charge in [-0.1, -0.05) is 12.2 Å². The summed E-state index contributed by atoms with van der Waals surface area (Å²) in [6.07, 6.45) is 14.4. The van der Waals surface area contributed by atoms with Gasteiger partial charge in [-0.25, -0.2) is 4.68 Å². The zero-order valence-corrected chi connectivity index (χ0v) is 12.0. The zero-order valence-electron chi connectivity index (χ0n) is 12.0. The van der Waals surface area contributed by atoms with E-state index in [0.29, 0.717) is 32.2 Å². The number of rotatable bonds is 4. The summed E-state index contributed by atoms with van der Waals surface area (Å²) in [4.78, 5) is 24.9. The molecular weight excluding hydrogens is 266 g/mol. The van der Waals surface area contributed by atoms with Crippen molar-refractivity contribution >= 4 is 17.5 Å². The summed E-state index contributed by atoms with van der Waals surface area (Å²) in [6, 6.07) is 0. The van der Waals surface area contributed by atoms with Gasteiger partial charge in [0.2, 0.25) is 11.8 Å². The molecule has 21 heavy (non-hydrogen) atoms. The van der Waals surface area contributed by atoms with Crippen molar-refractivity contribution < 1.29 is 9.59 Å². The first kappa shape index (κ1) is 13.8. The molecule has 1 fully saturated rings. The molecule has 2 amide bonds. The van der Waals surface area contributed by atoms with Crippen LogP contribution in [0.15, 0.2) is 30.6 Å². The van der Waals surface area contributed by atoms with Crippen LogP contribution in [0.25, 0.3) is 5.70 Å². The van der Waals surface area contributed by atoms with Gasteiger partial charge in [0.15, 0.2) is 0 Å². The number of allylic oxidation sites excluding steroid dienone is 4. The van der Waals surface area contributed by atoms with Crippen LogP contribution >= 0.6 is 0 Å². The van der Waals surface area contributed by atoms with Crippen molar-refractivity contribution in [2.75, 3.05) is 6.54 Å². The fourth-order valence-electron chi connectivity index (χ4n) is 2.72. The van der Waals surface area contributed by atoms with Crippen molar-refractivity contribution in [1.29, 1.82) is 0 Å². The van der Waals surface area contributed by atoms with Crippen molar-refractivity contribution in [2.45, 2.75) is 38.5 Å². The summed E-state index contributed by atoms with van der Waals surface area (Å²) in [5.41, 5.74) is 2.23. The number of carbonyl (C=O) groups excluding carboxylic acids is 2. The summed E-state index contributed by atoms with van der Waals surface area (Å²) in [5.74, 6) is -0.0856. The molecule has 1 aromatic heterocycles. The fourth-order valence-corrected chi connectivity index (χ4v) is 2.72. The van der Waals surface area contributed by atoms with Crippen molar-refractivity contribution in [3.8, 4) is 0 Å². The Kier molecular flexibility index (Phi) is 3.99. The highest BCUT2D eigenvalue weighted by Crippen LogP contribution is 2.18. The van der Waals surface area contributed by atoms with Crippen LogP contribution in [0.5, 0.6) is 0 Å². The van der Waals surface area contributed by atoms with Crippen LogP contribution in [0.1, 0.15) is 37.7 Å². The fraction of sp³-hybridized carbons (Fsp3) is 0.438. The molecule has 2 aliphatic rings. The van der Waals surface area contributed by atoms with Gasteiger partial charge in [0, 0.05) is 31.3 Å². The lowest BCUT2D eigenvalue weighted by Crippen LogP contribution is -2.41. The van der Waals surface area contributed by atoms with Crippen LogP contribution in [0.2, 0.25) is 0 Å². The van der Waals surface area contributed by atoms with E-state index >= 15 is 0 Å². The smallest absolute Gasteiger partial charge is 0.229 e. The van der Waals surface area contributed by atoms with Crippen LogP contribution in [0.3, 0.4) is 0 Å². The van der Waals surface area contributed by atoms with Gasteiger partial charge in [-0.05, 0) is 37.3 Å². The molecule has 1 saturated heterocycles. The van der Waals surface area contributed by atoms with Gasteiger partial charge < -0.3 is 0 Å². The Labute approximate surface area is 123 Å². The first-order valence-corrected chi connectivity index (χ1v) is 7.47. The van der Waals surface area contributed by atoms with Crippen molar-refractivity contribution in [3.05, 3.63) is 36.2 Å². The second kappa shape index (κ2) is 6.08. The predicted octanol–water partition coefficient (Wildman–Crippen LogP) is 2.16. The number of nitrogens with zero attached hydrogens (tertiary/aromatic N) is 3. The predicted molar refractivity (Wildman–Crippen MR) is 79.1 cm³/mol. The van der Waals surface area contributed by atoms with Crippen LogP contribution < -0.4 is 0 Å². The van der Waals surface area contributed by atoms with Gasteiger partial charge in [-0.2, -0.15) is 5.10 Å². The van der Waals surface area contributed by atoms with Crippen molar-refractivity contribution in [3.63, 3.8) is 0 Å². The van der Waals surface area contributed by atoms with Crippen LogP contribution in [0.4, 0.5) is 0 Å². The average molecular weight is 285 g/mol. The van der Waals surface area contributed by atoms with Crippen LogP contribution in [-0.4, -0.2) is 33.0 Å². The van der Waals surface area contributed by atoms with E-state index < -0.39 is 0 Å². The van der Waals surface area contributed by atoms with E-state index in [1.165, 1.54) is 10.6 Å². The number of hydrogen-bond donors (Lipinski definition) is 0. The summed E-state index contributed by atoms with van der Waals surface area (Å²) >= 11 is 0. The third-order valence-electron chi connectivity index (χ3n) is 3.93. The summed E-state index contributed by atoms with van der Waals surface area (Å²) in [7, 11) is 0. The van der Waals surface area contributed by atoms with E-state index in [1.54, 1.807) is 0 Å². The van der Waals surface area contributed by atoms with E-state index in [1.807, 2.05) is 23.2 Å². The lowest BCUT2D eigenvalue weighted by atomic mass is 10.1. The van der Waals surface area contributed by atoms with E-state index in [9.17, 15) is 9.59 Å². The Bertz CT molecular complexity index is 597. The number of amides is 2. The van der Waals surface area contributed by atoms with Gasteiger partial charge in [0.25, 0.3) is 0 Å². The molecule has 1 aliphatic carbocycles. The Morgan fingerprint density at radius 3 is 2.67 bits per heavy atom. The Hall–Kier alpha value is -2.17. The quantitative estimate of drug-likeness (QED) is 0.797. The van der Waals surface area contributed by atoms with Gasteiger partial charge in [0.05, 0.1) is 6.20 Å². The molecule has 0 bridgehead atoms. The van der Waals surface area contributed by atoms with Crippen LogP contribution in [-0.2, 0) is 16.0 Å².